The van der Waals surface area contributed by atoms with E-state index in [4.69, 9.17) is 11.6 Å². The standard InChI is InChI=1S/C9H15Cl/c1-6-5-8(10)9(3,4)7(6)2/h8H,5H2,1-4H3. The highest BCUT2D eigenvalue weighted by Gasteiger charge is 2.35. The molecule has 0 radical (unpaired) electrons. The topological polar surface area (TPSA) is 0 Å². The van der Waals surface area contributed by atoms with Crippen molar-refractivity contribution in [2.75, 3.05) is 0 Å². The Labute approximate surface area is 68.3 Å². The summed E-state index contributed by atoms with van der Waals surface area (Å²) in [6.07, 6.45) is 1.07. The third kappa shape index (κ3) is 0.989. The van der Waals surface area contributed by atoms with Gasteiger partial charge in [0.05, 0.1) is 0 Å². The van der Waals surface area contributed by atoms with Crippen LogP contribution in [0.4, 0.5) is 0 Å². The normalized spacial score (nSPS) is 31.5. The Balaban J connectivity index is 2.94. The van der Waals surface area contributed by atoms with E-state index >= 15 is 0 Å². The summed E-state index contributed by atoms with van der Waals surface area (Å²) < 4.78 is 0. The predicted octanol–water partition coefficient (Wildman–Crippen LogP) is 3.36. The maximum Gasteiger partial charge on any atom is 0.0461 e. The van der Waals surface area contributed by atoms with Crippen molar-refractivity contribution in [1.82, 2.24) is 0 Å². The van der Waals surface area contributed by atoms with Crippen molar-refractivity contribution in [3.8, 4) is 0 Å². The zero-order valence-electron chi connectivity index (χ0n) is 7.16. The Bertz CT molecular complexity index is 177. The number of alkyl halides is 1. The molecule has 58 valence electrons. The Morgan fingerprint density at radius 2 is 1.90 bits per heavy atom. The lowest BCUT2D eigenvalue weighted by molar-refractivity contribution is 0.451. The van der Waals surface area contributed by atoms with Gasteiger partial charge in [0.25, 0.3) is 0 Å². The highest BCUT2D eigenvalue weighted by atomic mass is 35.5. The maximum atomic E-state index is 6.15. The van der Waals surface area contributed by atoms with Crippen molar-refractivity contribution in [2.24, 2.45) is 5.41 Å². The van der Waals surface area contributed by atoms with Gasteiger partial charge in [0.15, 0.2) is 0 Å². The van der Waals surface area contributed by atoms with E-state index in [1.54, 1.807) is 0 Å². The minimum atomic E-state index is 0.228. The van der Waals surface area contributed by atoms with Gasteiger partial charge in [-0.2, -0.15) is 0 Å². The van der Waals surface area contributed by atoms with Gasteiger partial charge in [-0.25, -0.2) is 0 Å². The van der Waals surface area contributed by atoms with Gasteiger partial charge in [-0.15, -0.1) is 11.6 Å². The van der Waals surface area contributed by atoms with Crippen molar-refractivity contribution >= 4 is 11.6 Å². The molecule has 1 aliphatic carbocycles. The van der Waals surface area contributed by atoms with E-state index in [9.17, 15) is 0 Å². The fourth-order valence-electron chi connectivity index (χ4n) is 1.46. The molecule has 1 atom stereocenters. The summed E-state index contributed by atoms with van der Waals surface area (Å²) in [5.41, 5.74) is 3.18. The first-order valence-corrected chi connectivity index (χ1v) is 4.21. The Kier molecular flexibility index (Phi) is 1.84. The van der Waals surface area contributed by atoms with Crippen LogP contribution in [0.1, 0.15) is 34.1 Å². The van der Waals surface area contributed by atoms with Gasteiger partial charge in [0.1, 0.15) is 0 Å². The van der Waals surface area contributed by atoms with Crippen LogP contribution in [0.5, 0.6) is 0 Å². The molecule has 0 saturated carbocycles. The van der Waals surface area contributed by atoms with Gasteiger partial charge >= 0.3 is 0 Å². The quantitative estimate of drug-likeness (QED) is 0.375. The van der Waals surface area contributed by atoms with E-state index in [0.29, 0.717) is 5.38 Å². The molecule has 0 saturated heterocycles. The van der Waals surface area contributed by atoms with Crippen LogP contribution in [0, 0.1) is 5.41 Å². The van der Waals surface area contributed by atoms with Crippen LogP contribution in [0.2, 0.25) is 0 Å². The molecular formula is C9H15Cl. The third-order valence-electron chi connectivity index (χ3n) is 2.88. The van der Waals surface area contributed by atoms with E-state index in [-0.39, 0.29) is 5.41 Å². The summed E-state index contributed by atoms with van der Waals surface area (Å²) in [7, 11) is 0. The smallest absolute Gasteiger partial charge is 0.0461 e. The summed E-state index contributed by atoms with van der Waals surface area (Å²) >= 11 is 6.15. The van der Waals surface area contributed by atoms with Gasteiger partial charge in [0.2, 0.25) is 0 Å². The summed E-state index contributed by atoms with van der Waals surface area (Å²) in [5.74, 6) is 0. The van der Waals surface area contributed by atoms with Crippen LogP contribution in [0.15, 0.2) is 11.1 Å². The largest absolute Gasteiger partial charge is 0.122 e. The molecule has 1 unspecified atom stereocenters. The first kappa shape index (κ1) is 8.13. The Morgan fingerprint density at radius 1 is 1.40 bits per heavy atom. The SMILES string of the molecule is CC1=C(C)C(C)(C)C(Cl)C1. The molecule has 0 amide bonds. The molecule has 0 aliphatic heterocycles. The monoisotopic (exact) mass is 158 g/mol. The van der Waals surface area contributed by atoms with Crippen LogP contribution in [0.3, 0.4) is 0 Å². The highest BCUT2D eigenvalue weighted by Crippen LogP contribution is 2.44. The number of hydrogen-bond acceptors (Lipinski definition) is 0. The lowest BCUT2D eigenvalue weighted by Gasteiger charge is -2.24. The molecule has 0 aromatic heterocycles. The van der Waals surface area contributed by atoms with Crippen molar-refractivity contribution in [2.45, 2.75) is 39.5 Å². The predicted molar refractivity (Wildman–Crippen MR) is 46.4 cm³/mol. The average molecular weight is 159 g/mol. The van der Waals surface area contributed by atoms with Gasteiger partial charge in [-0.3, -0.25) is 0 Å². The van der Waals surface area contributed by atoms with E-state index in [1.165, 1.54) is 11.1 Å². The van der Waals surface area contributed by atoms with E-state index < -0.39 is 0 Å². The van der Waals surface area contributed by atoms with Gasteiger partial charge < -0.3 is 0 Å². The number of rotatable bonds is 0. The lowest BCUT2D eigenvalue weighted by Crippen LogP contribution is -2.19. The minimum absolute atomic E-state index is 0.228. The molecule has 1 rings (SSSR count). The van der Waals surface area contributed by atoms with Crippen molar-refractivity contribution in [3.63, 3.8) is 0 Å². The van der Waals surface area contributed by atoms with Crippen LogP contribution < -0.4 is 0 Å². The van der Waals surface area contributed by atoms with Crippen LogP contribution in [-0.2, 0) is 0 Å². The van der Waals surface area contributed by atoms with Crippen LogP contribution in [-0.4, -0.2) is 5.38 Å². The molecule has 1 heteroatoms. The van der Waals surface area contributed by atoms with E-state index in [1.807, 2.05) is 0 Å². The van der Waals surface area contributed by atoms with Crippen molar-refractivity contribution in [1.29, 1.82) is 0 Å². The summed E-state index contributed by atoms with van der Waals surface area (Å²) in [6.45, 7) is 8.81. The minimum Gasteiger partial charge on any atom is -0.122 e. The molecule has 0 fully saturated rings. The van der Waals surface area contributed by atoms with Crippen LogP contribution >= 0.6 is 11.6 Å². The van der Waals surface area contributed by atoms with E-state index in [0.717, 1.165) is 6.42 Å². The van der Waals surface area contributed by atoms with Gasteiger partial charge in [-0.05, 0) is 20.3 Å². The maximum absolute atomic E-state index is 6.15. The fraction of sp³-hybridized carbons (Fsp3) is 0.778. The second kappa shape index (κ2) is 2.27. The molecule has 0 N–H and O–H groups in total. The summed E-state index contributed by atoms with van der Waals surface area (Å²) in [4.78, 5) is 0. The zero-order valence-corrected chi connectivity index (χ0v) is 7.92. The van der Waals surface area contributed by atoms with Gasteiger partial charge in [0, 0.05) is 10.8 Å². The molecule has 1 aliphatic rings. The Morgan fingerprint density at radius 3 is 2.00 bits per heavy atom. The fourth-order valence-corrected chi connectivity index (χ4v) is 1.86. The molecule has 0 heterocycles. The second-order valence-electron chi connectivity index (χ2n) is 3.80. The van der Waals surface area contributed by atoms with Gasteiger partial charge in [-0.1, -0.05) is 25.0 Å². The molecule has 0 aromatic rings. The number of allylic oxidation sites excluding steroid dienone is 2. The zero-order chi connectivity index (χ0) is 7.94. The number of hydrogen-bond donors (Lipinski definition) is 0. The average Bonchev–Trinajstić information content (AvgIpc) is 1.97. The lowest BCUT2D eigenvalue weighted by atomic mass is 9.86. The third-order valence-corrected chi connectivity index (χ3v) is 3.58. The number of halogens is 1. The molecule has 0 bridgehead atoms. The molecule has 0 aromatic carbocycles. The second-order valence-corrected chi connectivity index (χ2v) is 4.33. The first-order chi connectivity index (χ1) is 4.46. The molecular weight excluding hydrogens is 144 g/mol. The Hall–Kier alpha value is 0.0300. The molecule has 10 heavy (non-hydrogen) atoms. The van der Waals surface area contributed by atoms with E-state index in [2.05, 4.69) is 27.7 Å². The highest BCUT2D eigenvalue weighted by molar-refractivity contribution is 6.21. The summed E-state index contributed by atoms with van der Waals surface area (Å²) in [6, 6.07) is 0. The van der Waals surface area contributed by atoms with Crippen molar-refractivity contribution in [3.05, 3.63) is 11.1 Å². The summed E-state index contributed by atoms with van der Waals surface area (Å²) in [5, 5.41) is 0.312. The molecule has 0 nitrogen and oxygen atoms in total. The van der Waals surface area contributed by atoms with Crippen LogP contribution in [0.25, 0.3) is 0 Å². The van der Waals surface area contributed by atoms with Crippen molar-refractivity contribution < 1.29 is 0 Å². The molecule has 0 spiro atoms. The first-order valence-electron chi connectivity index (χ1n) is 3.77.